The fourth-order valence-corrected chi connectivity index (χ4v) is 1.96. The minimum Gasteiger partial charge on any atom is -0.311 e. The Labute approximate surface area is 76.5 Å². The second-order valence-electron chi connectivity index (χ2n) is 3.23. The van der Waals surface area contributed by atoms with Crippen molar-refractivity contribution in [2.45, 2.75) is 32.4 Å². The molecule has 0 radical (unpaired) electrons. The van der Waals surface area contributed by atoms with Crippen LogP contribution in [-0.2, 0) is 6.42 Å². The molecule has 0 spiro atoms. The third-order valence-electron chi connectivity index (χ3n) is 2.32. The Balaban J connectivity index is 2.54. The normalized spacial score (nSPS) is 22.4. The van der Waals surface area contributed by atoms with Crippen LogP contribution >= 0.6 is 11.6 Å². The number of aryl methyl sites for hydroxylation is 2. The number of imidazole rings is 1. The van der Waals surface area contributed by atoms with Gasteiger partial charge in [-0.25, -0.2) is 4.98 Å². The Kier molecular flexibility index (Phi) is 1.85. The highest BCUT2D eigenvalue weighted by Gasteiger charge is 2.21. The molecule has 3 nitrogen and oxygen atoms in total. The van der Waals surface area contributed by atoms with E-state index < -0.39 is 0 Å². The van der Waals surface area contributed by atoms with Gasteiger partial charge in [0.1, 0.15) is 11.0 Å². The quantitative estimate of drug-likeness (QED) is 0.668. The summed E-state index contributed by atoms with van der Waals surface area (Å²) in [6.45, 7) is 1.92. The number of fused-ring (bicyclic) bond motifs is 1. The predicted molar refractivity (Wildman–Crippen MR) is 48.1 cm³/mol. The standard InChI is InChI=1S/C8H12ClN3/c1-5-8(9)12-6(10)3-2-4-7(12)11-5/h6H,2-4,10H2,1H3. The molecule has 1 aromatic rings. The zero-order valence-electron chi connectivity index (χ0n) is 7.05. The number of halogens is 1. The summed E-state index contributed by atoms with van der Waals surface area (Å²) in [4.78, 5) is 4.35. The molecule has 0 aliphatic carbocycles. The van der Waals surface area contributed by atoms with Gasteiger partial charge in [0.25, 0.3) is 0 Å². The molecule has 0 fully saturated rings. The third-order valence-corrected chi connectivity index (χ3v) is 2.77. The van der Waals surface area contributed by atoms with Gasteiger partial charge in [-0.2, -0.15) is 0 Å². The van der Waals surface area contributed by atoms with Crippen molar-refractivity contribution < 1.29 is 0 Å². The van der Waals surface area contributed by atoms with E-state index in [2.05, 4.69) is 4.98 Å². The lowest BCUT2D eigenvalue weighted by Crippen LogP contribution is -2.24. The fraction of sp³-hybridized carbons (Fsp3) is 0.625. The van der Waals surface area contributed by atoms with E-state index >= 15 is 0 Å². The Hall–Kier alpha value is -0.540. The van der Waals surface area contributed by atoms with Crippen LogP contribution in [0.5, 0.6) is 0 Å². The monoisotopic (exact) mass is 185 g/mol. The van der Waals surface area contributed by atoms with Crippen LogP contribution in [0.4, 0.5) is 0 Å². The van der Waals surface area contributed by atoms with Gasteiger partial charge in [0, 0.05) is 6.42 Å². The molecule has 2 N–H and O–H groups in total. The molecule has 2 rings (SSSR count). The van der Waals surface area contributed by atoms with E-state index in [1.807, 2.05) is 11.5 Å². The van der Waals surface area contributed by atoms with Gasteiger partial charge >= 0.3 is 0 Å². The Bertz CT molecular complexity index is 305. The highest BCUT2D eigenvalue weighted by molar-refractivity contribution is 6.30. The van der Waals surface area contributed by atoms with Crippen LogP contribution in [0.1, 0.15) is 30.5 Å². The number of nitrogens with zero attached hydrogens (tertiary/aromatic N) is 2. The molecule has 4 heteroatoms. The molecule has 66 valence electrons. The van der Waals surface area contributed by atoms with Crippen molar-refractivity contribution in [2.24, 2.45) is 5.73 Å². The average Bonchev–Trinajstić information content (AvgIpc) is 2.29. The lowest BCUT2D eigenvalue weighted by atomic mass is 10.1. The van der Waals surface area contributed by atoms with Crippen LogP contribution in [0.25, 0.3) is 0 Å². The molecule has 0 aromatic carbocycles. The number of aromatic nitrogens is 2. The van der Waals surface area contributed by atoms with Gasteiger partial charge in [-0.05, 0) is 19.8 Å². The SMILES string of the molecule is Cc1nc2n(c1Cl)C(N)CCC2. The van der Waals surface area contributed by atoms with Crippen molar-refractivity contribution in [1.82, 2.24) is 9.55 Å². The second kappa shape index (κ2) is 2.75. The van der Waals surface area contributed by atoms with E-state index in [0.29, 0.717) is 5.15 Å². The zero-order valence-corrected chi connectivity index (χ0v) is 7.80. The molecular formula is C8H12ClN3. The molecule has 1 aromatic heterocycles. The minimum atomic E-state index is 0.0300. The van der Waals surface area contributed by atoms with Crippen LogP contribution in [-0.4, -0.2) is 9.55 Å². The van der Waals surface area contributed by atoms with Crippen molar-refractivity contribution in [3.63, 3.8) is 0 Å². The van der Waals surface area contributed by atoms with Crippen molar-refractivity contribution in [1.29, 1.82) is 0 Å². The maximum atomic E-state index is 6.04. The van der Waals surface area contributed by atoms with Crippen LogP contribution in [0.15, 0.2) is 0 Å². The first-order valence-electron chi connectivity index (χ1n) is 4.19. The second-order valence-corrected chi connectivity index (χ2v) is 3.59. The number of hydrogen-bond donors (Lipinski definition) is 1. The molecule has 0 bridgehead atoms. The summed E-state index contributed by atoms with van der Waals surface area (Å²) >= 11 is 6.04. The highest BCUT2D eigenvalue weighted by atomic mass is 35.5. The van der Waals surface area contributed by atoms with Gasteiger partial charge in [0.2, 0.25) is 0 Å². The van der Waals surface area contributed by atoms with Gasteiger partial charge in [0.15, 0.2) is 0 Å². The summed E-state index contributed by atoms with van der Waals surface area (Å²) in [5, 5.41) is 0.706. The summed E-state index contributed by atoms with van der Waals surface area (Å²) in [5.41, 5.74) is 6.79. The summed E-state index contributed by atoms with van der Waals surface area (Å²) in [5.74, 6) is 1.04. The van der Waals surface area contributed by atoms with Crippen molar-refractivity contribution >= 4 is 11.6 Å². The molecule has 1 unspecified atom stereocenters. The maximum absolute atomic E-state index is 6.04. The van der Waals surface area contributed by atoms with Crippen LogP contribution in [0, 0.1) is 6.92 Å². The van der Waals surface area contributed by atoms with Gasteiger partial charge in [-0.1, -0.05) is 11.6 Å². The highest BCUT2D eigenvalue weighted by Crippen LogP contribution is 2.27. The van der Waals surface area contributed by atoms with Gasteiger partial charge < -0.3 is 10.3 Å². The van der Waals surface area contributed by atoms with Crippen molar-refractivity contribution in [3.05, 3.63) is 16.7 Å². The number of hydrogen-bond acceptors (Lipinski definition) is 2. The summed E-state index contributed by atoms with van der Waals surface area (Å²) in [7, 11) is 0. The van der Waals surface area contributed by atoms with Crippen molar-refractivity contribution in [2.75, 3.05) is 0 Å². The smallest absolute Gasteiger partial charge is 0.133 e. The Morgan fingerprint density at radius 3 is 3.08 bits per heavy atom. The lowest BCUT2D eigenvalue weighted by Gasteiger charge is -2.21. The first kappa shape index (κ1) is 8.08. The Morgan fingerprint density at radius 1 is 1.67 bits per heavy atom. The summed E-state index contributed by atoms with van der Waals surface area (Å²) < 4.78 is 1.94. The van der Waals surface area contributed by atoms with E-state index in [-0.39, 0.29) is 6.17 Å². The fourth-order valence-electron chi connectivity index (χ4n) is 1.69. The average molecular weight is 186 g/mol. The topological polar surface area (TPSA) is 43.8 Å². The van der Waals surface area contributed by atoms with E-state index in [1.54, 1.807) is 0 Å². The third kappa shape index (κ3) is 1.04. The first-order chi connectivity index (χ1) is 5.70. The summed E-state index contributed by atoms with van der Waals surface area (Å²) in [6.07, 6.45) is 3.15. The van der Waals surface area contributed by atoms with E-state index in [1.165, 1.54) is 0 Å². The molecule has 12 heavy (non-hydrogen) atoms. The van der Waals surface area contributed by atoms with E-state index in [0.717, 1.165) is 30.8 Å². The van der Waals surface area contributed by atoms with Gasteiger partial charge in [-0.15, -0.1) is 0 Å². The molecule has 0 saturated heterocycles. The zero-order chi connectivity index (χ0) is 8.72. The molecule has 1 aliphatic heterocycles. The number of rotatable bonds is 0. The summed E-state index contributed by atoms with van der Waals surface area (Å²) in [6, 6.07) is 0. The molecule has 0 saturated carbocycles. The van der Waals surface area contributed by atoms with Crippen molar-refractivity contribution in [3.8, 4) is 0 Å². The lowest BCUT2D eigenvalue weighted by molar-refractivity contribution is 0.409. The predicted octanol–water partition coefficient (Wildman–Crippen LogP) is 1.64. The molecule has 1 atom stereocenters. The Morgan fingerprint density at radius 2 is 2.42 bits per heavy atom. The molecule has 2 heterocycles. The van der Waals surface area contributed by atoms with Crippen LogP contribution in [0.2, 0.25) is 5.15 Å². The largest absolute Gasteiger partial charge is 0.311 e. The van der Waals surface area contributed by atoms with E-state index in [4.69, 9.17) is 17.3 Å². The number of nitrogens with two attached hydrogens (primary N) is 1. The minimum absolute atomic E-state index is 0.0300. The maximum Gasteiger partial charge on any atom is 0.133 e. The molecule has 0 amide bonds. The molecule has 1 aliphatic rings. The first-order valence-corrected chi connectivity index (χ1v) is 4.56. The van der Waals surface area contributed by atoms with Crippen LogP contribution in [0.3, 0.4) is 0 Å². The van der Waals surface area contributed by atoms with Gasteiger partial charge in [0.05, 0.1) is 11.9 Å². The van der Waals surface area contributed by atoms with Gasteiger partial charge in [-0.3, -0.25) is 0 Å². The molecular weight excluding hydrogens is 174 g/mol. The van der Waals surface area contributed by atoms with Crippen LogP contribution < -0.4 is 5.73 Å². The van der Waals surface area contributed by atoms with E-state index in [9.17, 15) is 0 Å².